The highest BCUT2D eigenvalue weighted by Crippen LogP contribution is 2.14. The minimum Gasteiger partial charge on any atom is -0.480 e. The van der Waals surface area contributed by atoms with E-state index in [2.05, 4.69) is 36.9 Å². The minimum atomic E-state index is -1.70. The van der Waals surface area contributed by atoms with Gasteiger partial charge in [-0.25, -0.2) is 0 Å². The molecule has 0 saturated carbocycles. The lowest BCUT2D eigenvalue weighted by atomic mass is 9.98. The molecular formula is C42H78N10O12. The van der Waals surface area contributed by atoms with Gasteiger partial charge in [-0.2, -0.15) is 0 Å². The Balaban J connectivity index is 5.41. The van der Waals surface area contributed by atoms with Crippen LogP contribution in [-0.2, 0) is 38.4 Å². The van der Waals surface area contributed by atoms with Gasteiger partial charge in [-0.05, 0) is 51.9 Å². The lowest BCUT2D eigenvalue weighted by molar-refractivity contribution is -0.142. The highest BCUT2D eigenvalue weighted by Gasteiger charge is 2.37. The number of hydrogen-bond acceptors (Lipinski definition) is 12. The van der Waals surface area contributed by atoms with Crippen molar-refractivity contribution in [3.63, 3.8) is 0 Å². The van der Waals surface area contributed by atoms with Crippen molar-refractivity contribution in [2.24, 2.45) is 34.0 Å². The van der Waals surface area contributed by atoms with Crippen LogP contribution in [0.2, 0.25) is 0 Å². The van der Waals surface area contributed by atoms with E-state index in [4.69, 9.17) is 17.2 Å². The summed E-state index contributed by atoms with van der Waals surface area (Å²) in [4.78, 5) is 106. The number of carboxylic acids is 1. The second-order valence-electron chi connectivity index (χ2n) is 17.1. The number of aliphatic imine (C=N–C) groups is 1. The summed E-state index contributed by atoms with van der Waals surface area (Å²) < 4.78 is 0. The van der Waals surface area contributed by atoms with Crippen molar-refractivity contribution in [1.82, 2.24) is 31.9 Å². The number of nitrogens with zero attached hydrogens (tertiary/aromatic N) is 1. The van der Waals surface area contributed by atoms with Crippen LogP contribution in [0.4, 0.5) is 0 Å². The third-order valence-corrected chi connectivity index (χ3v) is 10.3. The second-order valence-corrected chi connectivity index (χ2v) is 17.1. The minimum absolute atomic E-state index is 0.116. The molecule has 368 valence electrons. The summed E-state index contributed by atoms with van der Waals surface area (Å²) in [5.41, 5.74) is 15.8. The van der Waals surface area contributed by atoms with Crippen molar-refractivity contribution in [2.45, 2.75) is 193 Å². The highest BCUT2D eigenvalue weighted by molar-refractivity contribution is 5.97. The fraction of sp³-hybridized carbons (Fsp3) is 0.786. The monoisotopic (exact) mass is 915 g/mol. The van der Waals surface area contributed by atoms with Crippen LogP contribution in [0.25, 0.3) is 0 Å². The van der Waals surface area contributed by atoms with Crippen LogP contribution >= 0.6 is 0 Å². The molecule has 0 aromatic rings. The molecule has 0 fully saturated rings. The summed E-state index contributed by atoms with van der Waals surface area (Å²) in [6.07, 6.45) is 5.69. The molecular weight excluding hydrogens is 837 g/mol. The summed E-state index contributed by atoms with van der Waals surface area (Å²) in [7, 11) is 0. The number of carbonyl (C=O) groups excluding carboxylic acids is 7. The molecule has 0 aliphatic rings. The Morgan fingerprint density at radius 1 is 0.500 bits per heavy atom. The van der Waals surface area contributed by atoms with Crippen molar-refractivity contribution >= 4 is 53.3 Å². The van der Waals surface area contributed by atoms with Gasteiger partial charge in [0.2, 0.25) is 41.4 Å². The van der Waals surface area contributed by atoms with Gasteiger partial charge in [0.05, 0.1) is 24.7 Å². The van der Waals surface area contributed by atoms with Gasteiger partial charge in [0.1, 0.15) is 36.3 Å². The quantitative estimate of drug-likeness (QED) is 0.0202. The van der Waals surface area contributed by atoms with Gasteiger partial charge in [-0.1, -0.05) is 85.5 Å². The number of aliphatic hydroxyl groups excluding tert-OH is 3. The molecule has 9 unspecified atom stereocenters. The number of unbranched alkanes of at least 4 members (excludes halogenated alkanes) is 9. The molecule has 9 atom stereocenters. The van der Waals surface area contributed by atoms with Crippen LogP contribution in [0.15, 0.2) is 4.99 Å². The Kier molecular flexibility index (Phi) is 29.2. The lowest BCUT2D eigenvalue weighted by Gasteiger charge is -2.30. The molecule has 22 nitrogen and oxygen atoms in total. The zero-order valence-corrected chi connectivity index (χ0v) is 38.7. The molecule has 16 N–H and O–H groups in total. The number of hydrogen-bond donors (Lipinski definition) is 13. The first-order chi connectivity index (χ1) is 29.9. The molecule has 0 rings (SSSR count). The smallest absolute Gasteiger partial charge is 0.325 e. The molecule has 0 bridgehead atoms. The SMILES string of the molecule is CC(NC(=O)C(CCC(N)=O)NC(=O)C(NC(=O)C(NC(=O)C(NC(=O)C(NC(=O)CC(O)CCCCCCCCCCCCN=C(N)N)C(C)O)C(C)C)C(C)C)C(C)O)C(=O)O. The third kappa shape index (κ3) is 25.3. The van der Waals surface area contributed by atoms with Crippen LogP contribution in [0.1, 0.15) is 138 Å². The molecule has 0 aromatic carbocycles. The summed E-state index contributed by atoms with van der Waals surface area (Å²) in [5, 5.41) is 55.0. The maximum atomic E-state index is 13.7. The Morgan fingerprint density at radius 3 is 1.33 bits per heavy atom. The predicted octanol–water partition coefficient (Wildman–Crippen LogP) is -1.35. The van der Waals surface area contributed by atoms with E-state index < -0.39 is 114 Å². The van der Waals surface area contributed by atoms with Gasteiger partial charge in [0, 0.05) is 13.0 Å². The Morgan fingerprint density at radius 2 is 0.906 bits per heavy atom. The molecule has 0 aliphatic carbocycles. The predicted molar refractivity (Wildman–Crippen MR) is 238 cm³/mol. The van der Waals surface area contributed by atoms with Gasteiger partial charge in [-0.3, -0.25) is 43.3 Å². The molecule has 64 heavy (non-hydrogen) atoms. The number of carboxylic acid groups (broad SMARTS) is 1. The number of aliphatic hydroxyl groups is 3. The summed E-state index contributed by atoms with van der Waals surface area (Å²) in [5.74, 6) is -8.64. The molecule has 0 heterocycles. The van der Waals surface area contributed by atoms with Crippen LogP contribution in [0.5, 0.6) is 0 Å². The number of nitrogens with one attached hydrogen (secondary N) is 6. The average Bonchev–Trinajstić information content (AvgIpc) is 3.19. The van der Waals surface area contributed by atoms with Gasteiger partial charge in [-0.15, -0.1) is 0 Å². The first kappa shape index (κ1) is 58.9. The van der Waals surface area contributed by atoms with Crippen molar-refractivity contribution in [3.05, 3.63) is 0 Å². The second kappa shape index (κ2) is 31.7. The van der Waals surface area contributed by atoms with E-state index in [9.17, 15) is 58.8 Å². The highest BCUT2D eigenvalue weighted by atomic mass is 16.4. The van der Waals surface area contributed by atoms with E-state index >= 15 is 0 Å². The van der Waals surface area contributed by atoms with E-state index in [0.29, 0.717) is 19.4 Å². The van der Waals surface area contributed by atoms with E-state index in [1.165, 1.54) is 20.8 Å². The topological polar surface area (TPSA) is 380 Å². The van der Waals surface area contributed by atoms with Crippen LogP contribution in [0, 0.1) is 11.8 Å². The standard InChI is InChI=1S/C42H78N10O12/c1-23(2)32(51-40(62)34(26(6)53)49-31(57)22-28(55)18-16-14-12-10-8-9-11-13-15-17-21-46-42(44)45)37(59)50-33(24(3)4)38(60)52-35(27(7)54)39(61)48-29(19-20-30(43)56)36(58)47-25(5)41(63)64/h23-29,32-35,53-55H,8-22H2,1-7H3,(H2,43,56)(H,47,58)(H,48,61)(H,49,57)(H,50,59)(H,51,62)(H,52,60)(H,63,64)(H4,44,45,46). The fourth-order valence-corrected chi connectivity index (χ4v) is 6.46. The molecule has 0 radical (unpaired) electrons. The number of nitrogens with two attached hydrogens (primary N) is 3. The third-order valence-electron chi connectivity index (χ3n) is 10.3. The lowest BCUT2D eigenvalue weighted by Crippen LogP contribution is -2.63. The molecule has 0 aliphatic heterocycles. The number of amides is 7. The first-order valence-corrected chi connectivity index (χ1v) is 22.3. The molecule has 0 aromatic heterocycles. The Bertz CT molecular complexity index is 1520. The van der Waals surface area contributed by atoms with Gasteiger partial charge in [0.25, 0.3) is 0 Å². The Labute approximate surface area is 376 Å². The Hall–Kier alpha value is -5.09. The summed E-state index contributed by atoms with van der Waals surface area (Å²) >= 11 is 0. The summed E-state index contributed by atoms with van der Waals surface area (Å²) in [6, 6.07) is -8.68. The normalized spacial score (nSPS) is 15.5. The zero-order valence-electron chi connectivity index (χ0n) is 38.7. The van der Waals surface area contributed by atoms with E-state index in [1.54, 1.807) is 27.7 Å². The number of carbonyl (C=O) groups is 8. The van der Waals surface area contributed by atoms with Crippen LogP contribution in [-0.4, -0.2) is 135 Å². The van der Waals surface area contributed by atoms with Crippen molar-refractivity contribution in [2.75, 3.05) is 6.54 Å². The van der Waals surface area contributed by atoms with E-state index in [-0.39, 0.29) is 25.2 Å². The van der Waals surface area contributed by atoms with Gasteiger partial charge < -0.3 is 69.5 Å². The van der Waals surface area contributed by atoms with Crippen molar-refractivity contribution in [3.8, 4) is 0 Å². The largest absolute Gasteiger partial charge is 0.480 e. The molecule has 7 amide bonds. The van der Waals surface area contributed by atoms with Gasteiger partial charge >= 0.3 is 5.97 Å². The maximum Gasteiger partial charge on any atom is 0.325 e. The van der Waals surface area contributed by atoms with Crippen LogP contribution < -0.4 is 49.1 Å². The fourth-order valence-electron chi connectivity index (χ4n) is 6.46. The van der Waals surface area contributed by atoms with Crippen molar-refractivity contribution < 1.29 is 58.8 Å². The maximum absolute atomic E-state index is 13.7. The number of guanidine groups is 1. The molecule has 0 saturated heterocycles. The van der Waals surface area contributed by atoms with E-state index in [0.717, 1.165) is 57.8 Å². The first-order valence-electron chi connectivity index (χ1n) is 22.3. The van der Waals surface area contributed by atoms with Gasteiger partial charge in [0.15, 0.2) is 5.96 Å². The molecule has 0 spiro atoms. The van der Waals surface area contributed by atoms with E-state index in [1.807, 2.05) is 0 Å². The number of aliphatic carboxylic acids is 1. The molecule has 22 heteroatoms. The zero-order chi connectivity index (χ0) is 49.1. The number of rotatable bonds is 34. The van der Waals surface area contributed by atoms with Crippen molar-refractivity contribution in [1.29, 1.82) is 0 Å². The number of primary amides is 1. The summed E-state index contributed by atoms with van der Waals surface area (Å²) in [6.45, 7) is 10.7. The average molecular weight is 915 g/mol. The van der Waals surface area contributed by atoms with Crippen LogP contribution in [0.3, 0.4) is 0 Å².